The molecule has 0 aliphatic carbocycles. The van der Waals surface area contributed by atoms with Crippen molar-refractivity contribution < 1.29 is 4.79 Å². The zero-order chi connectivity index (χ0) is 8.55. The molecule has 2 rings (SSSR count). The van der Waals surface area contributed by atoms with Gasteiger partial charge in [0.1, 0.15) is 5.69 Å². The molecule has 0 saturated heterocycles. The minimum Gasteiger partial charge on any atom is -0.349 e. The van der Waals surface area contributed by atoms with E-state index in [4.69, 9.17) is 0 Å². The highest BCUT2D eigenvalue weighted by Crippen LogP contribution is 2.00. The summed E-state index contributed by atoms with van der Waals surface area (Å²) in [6.45, 7) is 1.37. The van der Waals surface area contributed by atoms with Crippen LogP contribution in [0.25, 0.3) is 0 Å². The molecule has 1 aliphatic heterocycles. The van der Waals surface area contributed by atoms with Gasteiger partial charge in [-0.05, 0) is 0 Å². The van der Waals surface area contributed by atoms with Crippen LogP contribution in [0.5, 0.6) is 0 Å². The highest BCUT2D eigenvalue weighted by Gasteiger charge is 2.14. The minimum absolute atomic E-state index is 0.127. The summed E-state index contributed by atoms with van der Waals surface area (Å²) in [5.41, 5.74) is 0.326. The average Bonchev–Trinajstić information content (AvgIpc) is 2.07. The lowest BCUT2D eigenvalue weighted by molar-refractivity contribution is 0.0926. The first-order chi connectivity index (χ1) is 5.77. The van der Waals surface area contributed by atoms with E-state index in [-0.39, 0.29) is 11.3 Å². The number of carbonyl (C=O) groups is 1. The van der Waals surface area contributed by atoms with E-state index in [0.29, 0.717) is 12.2 Å². The summed E-state index contributed by atoms with van der Waals surface area (Å²) >= 11 is 0. The Morgan fingerprint density at radius 3 is 3.08 bits per heavy atom. The predicted molar refractivity (Wildman–Crippen MR) is 43.0 cm³/mol. The normalized spacial score (nSPS) is 15.2. The van der Waals surface area contributed by atoms with Crippen LogP contribution in [0, 0.1) is 0 Å². The van der Waals surface area contributed by atoms with Crippen molar-refractivity contribution in [3.8, 4) is 0 Å². The lowest BCUT2D eigenvalue weighted by atomic mass is 10.2. The molecule has 0 radical (unpaired) electrons. The van der Waals surface area contributed by atoms with Gasteiger partial charge in [0.2, 0.25) is 0 Å². The van der Waals surface area contributed by atoms with Crippen LogP contribution < -0.4 is 10.7 Å². The highest BCUT2D eigenvalue weighted by molar-refractivity contribution is 5.93. The van der Waals surface area contributed by atoms with Crippen molar-refractivity contribution in [3.63, 3.8) is 0 Å². The first-order valence-corrected chi connectivity index (χ1v) is 3.76. The molecule has 1 aliphatic rings. The SMILES string of the molecule is O=C1NCCn2ccc(=O)cc21. The van der Waals surface area contributed by atoms with Gasteiger partial charge in [-0.2, -0.15) is 0 Å². The molecule has 2 heterocycles. The van der Waals surface area contributed by atoms with Gasteiger partial charge >= 0.3 is 0 Å². The third-order valence-corrected chi connectivity index (χ3v) is 1.88. The number of aromatic nitrogens is 1. The quantitative estimate of drug-likeness (QED) is 0.566. The molecule has 0 atom stereocenters. The van der Waals surface area contributed by atoms with Crippen molar-refractivity contribution in [3.05, 3.63) is 34.2 Å². The second-order valence-corrected chi connectivity index (χ2v) is 2.70. The summed E-state index contributed by atoms with van der Waals surface area (Å²) in [4.78, 5) is 22.1. The van der Waals surface area contributed by atoms with E-state index in [1.807, 2.05) is 0 Å². The number of hydrogen-bond donors (Lipinski definition) is 1. The van der Waals surface area contributed by atoms with Gasteiger partial charge in [0.15, 0.2) is 5.43 Å². The molecule has 1 aromatic rings. The first kappa shape index (κ1) is 7.09. The Morgan fingerprint density at radius 2 is 2.25 bits per heavy atom. The average molecular weight is 164 g/mol. The predicted octanol–water partition coefficient (Wildman–Crippen LogP) is -0.408. The molecule has 1 amide bonds. The minimum atomic E-state index is -0.168. The van der Waals surface area contributed by atoms with Crippen LogP contribution in [0.3, 0.4) is 0 Å². The number of carbonyl (C=O) groups excluding carboxylic acids is 1. The summed E-state index contributed by atoms with van der Waals surface area (Å²) in [5, 5.41) is 2.67. The Bertz CT molecular complexity index is 381. The number of fused-ring (bicyclic) bond motifs is 1. The number of pyridine rings is 1. The highest BCUT2D eigenvalue weighted by atomic mass is 16.2. The number of amides is 1. The maximum absolute atomic E-state index is 11.2. The fraction of sp³-hybridized carbons (Fsp3) is 0.250. The molecule has 0 aromatic carbocycles. The van der Waals surface area contributed by atoms with Crippen molar-refractivity contribution in [2.24, 2.45) is 0 Å². The maximum atomic E-state index is 11.2. The van der Waals surface area contributed by atoms with E-state index in [1.54, 1.807) is 10.8 Å². The second-order valence-electron chi connectivity index (χ2n) is 2.70. The van der Waals surface area contributed by atoms with Crippen molar-refractivity contribution >= 4 is 5.91 Å². The van der Waals surface area contributed by atoms with E-state index in [0.717, 1.165) is 6.54 Å². The third kappa shape index (κ3) is 1.01. The van der Waals surface area contributed by atoms with Gasteiger partial charge in [0.25, 0.3) is 5.91 Å². The van der Waals surface area contributed by atoms with Gasteiger partial charge in [-0.1, -0.05) is 0 Å². The fourth-order valence-electron chi connectivity index (χ4n) is 1.28. The second kappa shape index (κ2) is 2.48. The van der Waals surface area contributed by atoms with Gasteiger partial charge in [-0.3, -0.25) is 9.59 Å². The first-order valence-electron chi connectivity index (χ1n) is 3.76. The number of nitrogens with zero attached hydrogens (tertiary/aromatic N) is 1. The van der Waals surface area contributed by atoms with E-state index in [1.165, 1.54) is 12.1 Å². The van der Waals surface area contributed by atoms with E-state index in [2.05, 4.69) is 5.32 Å². The number of nitrogens with one attached hydrogen (secondary N) is 1. The molecular weight excluding hydrogens is 156 g/mol. The molecule has 1 aromatic heterocycles. The van der Waals surface area contributed by atoms with E-state index < -0.39 is 0 Å². The zero-order valence-electron chi connectivity index (χ0n) is 6.41. The summed E-state index contributed by atoms with van der Waals surface area (Å²) in [7, 11) is 0. The van der Waals surface area contributed by atoms with Crippen LogP contribution in [0.1, 0.15) is 10.5 Å². The Hall–Kier alpha value is -1.58. The summed E-state index contributed by atoms with van der Waals surface area (Å²) in [5.74, 6) is -0.168. The lowest BCUT2D eigenvalue weighted by Gasteiger charge is -2.18. The molecule has 0 saturated carbocycles. The fourth-order valence-corrected chi connectivity index (χ4v) is 1.28. The molecule has 4 heteroatoms. The van der Waals surface area contributed by atoms with Crippen molar-refractivity contribution in [2.75, 3.05) is 6.54 Å². The summed E-state index contributed by atoms with van der Waals surface area (Å²) in [6, 6.07) is 2.82. The van der Waals surface area contributed by atoms with Gasteiger partial charge in [0, 0.05) is 31.4 Å². The standard InChI is InChI=1S/C8H8N2O2/c11-6-1-3-10-4-2-9-8(12)7(10)5-6/h1,3,5H,2,4H2,(H,9,12). The van der Waals surface area contributed by atoms with Crippen LogP contribution in [-0.2, 0) is 6.54 Å². The molecule has 0 bridgehead atoms. The molecular formula is C8H8N2O2. The van der Waals surface area contributed by atoms with Gasteiger partial charge in [0.05, 0.1) is 0 Å². The number of hydrogen-bond acceptors (Lipinski definition) is 2. The molecule has 0 spiro atoms. The van der Waals surface area contributed by atoms with Crippen LogP contribution in [-0.4, -0.2) is 17.0 Å². The van der Waals surface area contributed by atoms with Gasteiger partial charge in [-0.25, -0.2) is 0 Å². The van der Waals surface area contributed by atoms with Crippen LogP contribution in [0.15, 0.2) is 23.1 Å². The molecule has 4 nitrogen and oxygen atoms in total. The van der Waals surface area contributed by atoms with Gasteiger partial charge < -0.3 is 9.88 Å². The largest absolute Gasteiger partial charge is 0.349 e. The Labute approximate surface area is 68.8 Å². The van der Waals surface area contributed by atoms with Crippen LogP contribution in [0.4, 0.5) is 0 Å². The molecule has 62 valence electrons. The van der Waals surface area contributed by atoms with Crippen molar-refractivity contribution in [1.82, 2.24) is 9.88 Å². The Morgan fingerprint density at radius 1 is 1.42 bits per heavy atom. The van der Waals surface area contributed by atoms with Crippen molar-refractivity contribution in [1.29, 1.82) is 0 Å². The summed E-state index contributed by atoms with van der Waals surface area (Å²) < 4.78 is 1.78. The topological polar surface area (TPSA) is 51.1 Å². The molecule has 12 heavy (non-hydrogen) atoms. The van der Waals surface area contributed by atoms with Crippen LogP contribution in [0.2, 0.25) is 0 Å². The van der Waals surface area contributed by atoms with Crippen LogP contribution >= 0.6 is 0 Å². The Kier molecular flexibility index (Phi) is 1.46. The van der Waals surface area contributed by atoms with Gasteiger partial charge in [-0.15, -0.1) is 0 Å². The molecule has 0 fully saturated rings. The maximum Gasteiger partial charge on any atom is 0.268 e. The third-order valence-electron chi connectivity index (χ3n) is 1.88. The molecule has 1 N–H and O–H groups in total. The smallest absolute Gasteiger partial charge is 0.268 e. The van der Waals surface area contributed by atoms with E-state index in [9.17, 15) is 9.59 Å². The molecule has 0 unspecified atom stereocenters. The van der Waals surface area contributed by atoms with E-state index >= 15 is 0 Å². The Balaban J connectivity index is 2.61. The summed E-state index contributed by atoms with van der Waals surface area (Å²) in [6.07, 6.45) is 1.65. The monoisotopic (exact) mass is 164 g/mol. The zero-order valence-corrected chi connectivity index (χ0v) is 6.41. The van der Waals surface area contributed by atoms with Crippen molar-refractivity contribution in [2.45, 2.75) is 6.54 Å². The lowest BCUT2D eigenvalue weighted by Crippen LogP contribution is -2.36. The number of rotatable bonds is 0.